The molecule has 18 heavy (non-hydrogen) atoms. The summed E-state index contributed by atoms with van der Waals surface area (Å²) in [5.41, 5.74) is 7.59. The first-order valence-corrected chi connectivity index (χ1v) is 5.60. The van der Waals surface area contributed by atoms with Gasteiger partial charge in [-0.25, -0.2) is 4.79 Å². The zero-order valence-electron chi connectivity index (χ0n) is 10.3. The largest absolute Gasteiger partial charge is 0.483 e. The number of benzene rings is 1. The lowest BCUT2D eigenvalue weighted by Crippen LogP contribution is -2.27. The minimum absolute atomic E-state index is 0.349. The van der Waals surface area contributed by atoms with Crippen LogP contribution in [0.2, 0.25) is 0 Å². The smallest absolute Gasteiger partial charge is 0.328 e. The van der Waals surface area contributed by atoms with E-state index < -0.39 is 5.97 Å². The topological polar surface area (TPSA) is 72.5 Å². The number of anilines is 1. The number of aliphatic carboxylic acids is 1. The first-order chi connectivity index (χ1) is 8.37. The Hall–Kier alpha value is -2.23. The van der Waals surface area contributed by atoms with E-state index in [4.69, 9.17) is 15.6 Å². The maximum Gasteiger partial charge on any atom is 0.328 e. The summed E-state index contributed by atoms with van der Waals surface area (Å²) in [6.07, 6.45) is 6.45. The van der Waals surface area contributed by atoms with Crippen molar-refractivity contribution in [1.29, 1.82) is 0 Å². The zero-order chi connectivity index (χ0) is 13.3. The summed E-state index contributed by atoms with van der Waals surface area (Å²) in [6, 6.07) is 3.54. The second kappa shape index (κ2) is 4.22. The lowest BCUT2D eigenvalue weighted by atomic mass is 9.99. The molecule has 0 aromatic heterocycles. The second-order valence-electron chi connectivity index (χ2n) is 4.73. The number of nitrogens with two attached hydrogens (primary N) is 1. The second-order valence-corrected chi connectivity index (χ2v) is 4.73. The summed E-state index contributed by atoms with van der Waals surface area (Å²) >= 11 is 0. The number of hydrogen-bond acceptors (Lipinski definition) is 3. The van der Waals surface area contributed by atoms with Gasteiger partial charge in [-0.3, -0.25) is 0 Å². The molecule has 0 amide bonds. The van der Waals surface area contributed by atoms with Gasteiger partial charge in [0.2, 0.25) is 0 Å². The third-order valence-corrected chi connectivity index (χ3v) is 2.66. The maximum absolute atomic E-state index is 10.5. The highest BCUT2D eigenvalue weighted by Gasteiger charge is 2.22. The Bertz CT molecular complexity index is 556. The Morgan fingerprint density at radius 3 is 2.83 bits per heavy atom. The molecule has 1 heterocycles. The number of fused-ring (bicyclic) bond motifs is 1. The number of nitrogen functional groups attached to an aromatic ring is 1. The first kappa shape index (κ1) is 12.2. The lowest BCUT2D eigenvalue weighted by Gasteiger charge is -2.28. The number of carboxylic acids is 1. The van der Waals surface area contributed by atoms with Crippen LogP contribution in [0.4, 0.5) is 5.69 Å². The molecule has 3 N–H and O–H groups in total. The van der Waals surface area contributed by atoms with E-state index in [0.29, 0.717) is 17.0 Å². The van der Waals surface area contributed by atoms with Crippen LogP contribution in [0, 0.1) is 0 Å². The highest BCUT2D eigenvalue weighted by molar-refractivity contribution is 5.87. The molecular formula is C14H15NO3. The average molecular weight is 245 g/mol. The van der Waals surface area contributed by atoms with Crippen LogP contribution in [0.25, 0.3) is 12.2 Å². The van der Waals surface area contributed by atoms with Gasteiger partial charge in [-0.05, 0) is 37.6 Å². The van der Waals surface area contributed by atoms with Crippen molar-refractivity contribution in [2.24, 2.45) is 0 Å². The van der Waals surface area contributed by atoms with Gasteiger partial charge in [-0.1, -0.05) is 6.08 Å². The summed E-state index contributed by atoms with van der Waals surface area (Å²) in [7, 11) is 0. The number of rotatable bonds is 2. The molecule has 1 aromatic rings. The minimum Gasteiger partial charge on any atom is -0.483 e. The van der Waals surface area contributed by atoms with Crippen molar-refractivity contribution in [2.45, 2.75) is 19.4 Å². The van der Waals surface area contributed by atoms with Crippen molar-refractivity contribution in [3.63, 3.8) is 0 Å². The van der Waals surface area contributed by atoms with Crippen LogP contribution in [-0.4, -0.2) is 16.7 Å². The predicted octanol–water partition coefficient (Wildman–Crippen LogP) is 2.55. The summed E-state index contributed by atoms with van der Waals surface area (Å²) in [5, 5.41) is 8.61. The Labute approximate surface area is 105 Å². The molecule has 94 valence electrons. The molecule has 4 nitrogen and oxygen atoms in total. The third-order valence-electron chi connectivity index (χ3n) is 2.66. The number of ether oxygens (including phenoxy) is 1. The minimum atomic E-state index is -1.000. The van der Waals surface area contributed by atoms with Gasteiger partial charge >= 0.3 is 5.97 Å². The van der Waals surface area contributed by atoms with Crippen LogP contribution >= 0.6 is 0 Å². The SMILES string of the molecule is CC1(C)C=Cc2cc(/C=C/C(=O)O)c(N)cc2O1. The van der Waals surface area contributed by atoms with Crippen LogP contribution < -0.4 is 10.5 Å². The fourth-order valence-corrected chi connectivity index (χ4v) is 1.76. The number of carboxylic acid groups (broad SMARTS) is 1. The third kappa shape index (κ3) is 2.53. The van der Waals surface area contributed by atoms with Crippen molar-refractivity contribution in [3.8, 4) is 5.75 Å². The number of hydrogen-bond donors (Lipinski definition) is 2. The molecule has 0 aliphatic carbocycles. The summed E-state index contributed by atoms with van der Waals surface area (Å²) < 4.78 is 5.77. The van der Waals surface area contributed by atoms with E-state index in [1.165, 1.54) is 6.08 Å². The van der Waals surface area contributed by atoms with Crippen molar-refractivity contribution >= 4 is 23.8 Å². The fourth-order valence-electron chi connectivity index (χ4n) is 1.76. The van der Waals surface area contributed by atoms with E-state index >= 15 is 0 Å². The van der Waals surface area contributed by atoms with Crippen molar-refractivity contribution < 1.29 is 14.6 Å². The summed E-state index contributed by atoms with van der Waals surface area (Å²) in [5.74, 6) is -0.285. The molecule has 0 unspecified atom stereocenters. The van der Waals surface area contributed by atoms with E-state index in [0.717, 1.165) is 11.6 Å². The molecule has 1 aliphatic rings. The average Bonchev–Trinajstić information content (AvgIpc) is 2.25. The Morgan fingerprint density at radius 2 is 2.17 bits per heavy atom. The van der Waals surface area contributed by atoms with Gasteiger partial charge in [0.15, 0.2) is 0 Å². The molecule has 0 atom stereocenters. The first-order valence-electron chi connectivity index (χ1n) is 5.60. The predicted molar refractivity (Wildman–Crippen MR) is 71.3 cm³/mol. The van der Waals surface area contributed by atoms with Gasteiger partial charge in [-0.2, -0.15) is 0 Å². The summed E-state index contributed by atoms with van der Waals surface area (Å²) in [6.45, 7) is 3.92. The molecule has 0 fully saturated rings. The van der Waals surface area contributed by atoms with Gasteiger partial charge in [0.25, 0.3) is 0 Å². The van der Waals surface area contributed by atoms with Gasteiger partial charge < -0.3 is 15.6 Å². The fraction of sp³-hybridized carbons (Fsp3) is 0.214. The highest BCUT2D eigenvalue weighted by Crippen LogP contribution is 2.34. The van der Waals surface area contributed by atoms with E-state index in [1.54, 1.807) is 6.07 Å². The van der Waals surface area contributed by atoms with Crippen molar-refractivity contribution in [1.82, 2.24) is 0 Å². The highest BCUT2D eigenvalue weighted by atomic mass is 16.5. The molecule has 1 aromatic carbocycles. The molecule has 0 saturated carbocycles. The van der Waals surface area contributed by atoms with Crippen LogP contribution in [0.15, 0.2) is 24.3 Å². The van der Waals surface area contributed by atoms with E-state index in [-0.39, 0.29) is 5.60 Å². The molecule has 0 radical (unpaired) electrons. The Kier molecular flexibility index (Phi) is 2.87. The quantitative estimate of drug-likeness (QED) is 0.620. The molecule has 0 bridgehead atoms. The normalized spacial score (nSPS) is 16.3. The molecule has 0 saturated heterocycles. The zero-order valence-corrected chi connectivity index (χ0v) is 10.3. The van der Waals surface area contributed by atoms with Crippen LogP contribution in [0.3, 0.4) is 0 Å². The van der Waals surface area contributed by atoms with Gasteiger partial charge in [-0.15, -0.1) is 0 Å². The van der Waals surface area contributed by atoms with Crippen LogP contribution in [0.1, 0.15) is 25.0 Å². The monoisotopic (exact) mass is 245 g/mol. The van der Waals surface area contributed by atoms with Crippen molar-refractivity contribution in [2.75, 3.05) is 5.73 Å². The Morgan fingerprint density at radius 1 is 1.44 bits per heavy atom. The van der Waals surface area contributed by atoms with Crippen LogP contribution in [0.5, 0.6) is 5.75 Å². The van der Waals surface area contributed by atoms with Crippen molar-refractivity contribution in [3.05, 3.63) is 35.4 Å². The van der Waals surface area contributed by atoms with Gasteiger partial charge in [0, 0.05) is 23.4 Å². The van der Waals surface area contributed by atoms with Gasteiger partial charge in [0.1, 0.15) is 11.4 Å². The molecule has 1 aliphatic heterocycles. The van der Waals surface area contributed by atoms with E-state index in [1.807, 2.05) is 32.1 Å². The molecule has 0 spiro atoms. The van der Waals surface area contributed by atoms with E-state index in [9.17, 15) is 4.79 Å². The standard InChI is InChI=1S/C14H15NO3/c1-14(2)6-5-10-7-9(3-4-13(16)17)11(15)8-12(10)18-14/h3-8H,15H2,1-2H3,(H,16,17)/b4-3+. The van der Waals surface area contributed by atoms with Crippen LogP contribution in [-0.2, 0) is 4.79 Å². The molecule has 2 rings (SSSR count). The molecule has 4 heteroatoms. The van der Waals surface area contributed by atoms with Gasteiger partial charge in [0.05, 0.1) is 0 Å². The number of carbonyl (C=O) groups is 1. The Balaban J connectivity index is 2.41. The molecular weight excluding hydrogens is 230 g/mol. The van der Waals surface area contributed by atoms with E-state index in [2.05, 4.69) is 0 Å². The lowest BCUT2D eigenvalue weighted by molar-refractivity contribution is -0.131. The summed E-state index contributed by atoms with van der Waals surface area (Å²) in [4.78, 5) is 10.5. The maximum atomic E-state index is 10.5.